The molecule has 0 aliphatic carbocycles. The van der Waals surface area contributed by atoms with E-state index in [1.807, 2.05) is 27.8 Å². The van der Waals surface area contributed by atoms with Crippen molar-refractivity contribution in [1.82, 2.24) is 48.8 Å². The molecule has 4 aromatic heterocycles. The van der Waals surface area contributed by atoms with E-state index >= 15 is 0 Å². The molecule has 0 saturated carbocycles. The van der Waals surface area contributed by atoms with Crippen LogP contribution < -0.4 is 0 Å². The van der Waals surface area contributed by atoms with Crippen molar-refractivity contribution in [2.24, 2.45) is 0 Å². The Morgan fingerprint density at radius 3 is 2.51 bits per heavy atom. The van der Waals surface area contributed by atoms with Crippen molar-refractivity contribution in [2.75, 3.05) is 13.1 Å². The Morgan fingerprint density at radius 1 is 0.943 bits per heavy atom. The number of sulfonamides is 1. The van der Waals surface area contributed by atoms with Crippen LogP contribution in [0.2, 0.25) is 0 Å². The maximum Gasteiger partial charge on any atom is 0.243 e. The van der Waals surface area contributed by atoms with Gasteiger partial charge in [0.1, 0.15) is 12.0 Å². The lowest BCUT2D eigenvalue weighted by atomic mass is 10.2. The summed E-state index contributed by atoms with van der Waals surface area (Å²) in [5, 5.41) is 17.2. The monoisotopic (exact) mass is 490 g/mol. The molecular formula is C22H22N10O2S. The summed E-state index contributed by atoms with van der Waals surface area (Å²) in [6, 6.07) is 8.51. The lowest BCUT2D eigenvalue weighted by molar-refractivity contribution is 0.477. The second-order valence-corrected chi connectivity index (χ2v) is 10.2. The van der Waals surface area contributed by atoms with E-state index in [4.69, 9.17) is 0 Å². The van der Waals surface area contributed by atoms with Gasteiger partial charge in [-0.15, -0.1) is 5.10 Å². The summed E-state index contributed by atoms with van der Waals surface area (Å²) in [5.41, 5.74) is 3.14. The third kappa shape index (κ3) is 3.98. The number of aryl methyl sites for hydroxylation is 2. The highest BCUT2D eigenvalue weighted by molar-refractivity contribution is 7.89. The highest BCUT2D eigenvalue weighted by Crippen LogP contribution is 2.26. The largest absolute Gasteiger partial charge is 0.271 e. The third-order valence-electron chi connectivity index (χ3n) is 6.05. The molecule has 0 amide bonds. The van der Waals surface area contributed by atoms with Crippen LogP contribution in [0, 0.1) is 0 Å². The Balaban J connectivity index is 1.27. The molecule has 12 nitrogen and oxygen atoms in total. The topological polar surface area (TPSA) is 130 Å². The summed E-state index contributed by atoms with van der Waals surface area (Å²) in [5.74, 6) is 0. The van der Waals surface area contributed by atoms with E-state index in [1.54, 1.807) is 41.3 Å². The van der Waals surface area contributed by atoms with Gasteiger partial charge in [-0.05, 0) is 43.2 Å². The molecular weight excluding hydrogens is 468 g/mol. The van der Waals surface area contributed by atoms with E-state index in [-0.39, 0.29) is 4.90 Å². The molecule has 1 saturated heterocycles. The molecule has 1 fully saturated rings. The minimum Gasteiger partial charge on any atom is -0.271 e. The van der Waals surface area contributed by atoms with Gasteiger partial charge in [0, 0.05) is 37.2 Å². The lowest BCUT2D eigenvalue weighted by Gasteiger charge is -2.15. The summed E-state index contributed by atoms with van der Waals surface area (Å²) in [6.45, 7) is 2.50. The summed E-state index contributed by atoms with van der Waals surface area (Å²) in [4.78, 5) is 9.06. The minimum absolute atomic E-state index is 0.269. The molecule has 0 bridgehead atoms. The Morgan fingerprint density at radius 2 is 1.74 bits per heavy atom. The molecule has 178 valence electrons. The van der Waals surface area contributed by atoms with Crippen LogP contribution in [-0.4, -0.2) is 70.3 Å². The van der Waals surface area contributed by atoms with Crippen LogP contribution in [0.1, 0.15) is 12.8 Å². The van der Waals surface area contributed by atoms with Crippen LogP contribution in [0.5, 0.6) is 0 Å². The van der Waals surface area contributed by atoms with E-state index in [2.05, 4.69) is 30.5 Å². The number of nitrogens with zero attached hydrogens (tertiary/aromatic N) is 10. The van der Waals surface area contributed by atoms with Crippen LogP contribution in [0.25, 0.3) is 28.1 Å². The number of hydrogen-bond acceptors (Lipinski definition) is 8. The highest BCUT2D eigenvalue weighted by Gasteiger charge is 2.27. The average Bonchev–Trinajstić information content (AvgIpc) is 3.70. The Labute approximate surface area is 200 Å². The van der Waals surface area contributed by atoms with E-state index in [0.717, 1.165) is 18.4 Å². The van der Waals surface area contributed by atoms with Crippen molar-refractivity contribution >= 4 is 21.2 Å². The predicted octanol–water partition coefficient (Wildman–Crippen LogP) is 1.76. The molecule has 1 aliphatic rings. The van der Waals surface area contributed by atoms with Gasteiger partial charge < -0.3 is 0 Å². The van der Waals surface area contributed by atoms with Crippen LogP contribution in [0.4, 0.5) is 0 Å². The second kappa shape index (κ2) is 8.67. The van der Waals surface area contributed by atoms with Crippen molar-refractivity contribution in [2.45, 2.75) is 30.8 Å². The fourth-order valence-electron chi connectivity index (χ4n) is 4.22. The zero-order chi connectivity index (χ0) is 23.8. The Kier molecular flexibility index (Phi) is 5.34. The standard InChI is InChI=1S/C22H22N10O2S/c33-35(34,31-10-1-2-11-31)19-6-4-18(5-7-19)32-22-21(27-28-32)20(23-16-24-22)17-14-26-30(15-17)13-12-29-9-3-8-25-29/h3-9,14-16H,1-2,10-13H2. The van der Waals surface area contributed by atoms with Crippen LogP contribution in [-0.2, 0) is 23.1 Å². The van der Waals surface area contributed by atoms with Gasteiger partial charge in [0.15, 0.2) is 11.2 Å². The Bertz CT molecular complexity index is 1570. The highest BCUT2D eigenvalue weighted by atomic mass is 32.2. The molecule has 1 aliphatic heterocycles. The molecule has 1 aromatic carbocycles. The normalized spacial score (nSPS) is 14.7. The molecule has 6 rings (SSSR count). The van der Waals surface area contributed by atoms with Crippen molar-refractivity contribution in [3.8, 4) is 16.9 Å². The molecule has 5 heterocycles. The van der Waals surface area contributed by atoms with Gasteiger partial charge in [0.25, 0.3) is 0 Å². The van der Waals surface area contributed by atoms with Gasteiger partial charge >= 0.3 is 0 Å². The van der Waals surface area contributed by atoms with E-state index in [0.29, 0.717) is 48.7 Å². The quantitative estimate of drug-likeness (QED) is 0.337. The van der Waals surface area contributed by atoms with Crippen molar-refractivity contribution in [1.29, 1.82) is 0 Å². The van der Waals surface area contributed by atoms with Crippen molar-refractivity contribution < 1.29 is 8.42 Å². The molecule has 13 heteroatoms. The van der Waals surface area contributed by atoms with Gasteiger partial charge in [-0.1, -0.05) is 5.21 Å². The predicted molar refractivity (Wildman–Crippen MR) is 126 cm³/mol. The SMILES string of the molecule is O=S(=O)(c1ccc(-n2nnc3c(-c4cnn(CCn5cccn5)c4)ncnc32)cc1)N1CCCC1. The number of aromatic nitrogens is 9. The van der Waals surface area contributed by atoms with Crippen LogP contribution in [0.15, 0.2) is 66.3 Å². The van der Waals surface area contributed by atoms with E-state index in [1.165, 1.54) is 10.6 Å². The van der Waals surface area contributed by atoms with E-state index in [9.17, 15) is 8.42 Å². The molecule has 0 atom stereocenters. The first-order valence-electron chi connectivity index (χ1n) is 11.3. The zero-order valence-electron chi connectivity index (χ0n) is 18.7. The second-order valence-electron chi connectivity index (χ2n) is 8.26. The van der Waals surface area contributed by atoms with Crippen molar-refractivity contribution in [3.63, 3.8) is 0 Å². The maximum absolute atomic E-state index is 12.8. The van der Waals surface area contributed by atoms with Crippen LogP contribution >= 0.6 is 0 Å². The average molecular weight is 491 g/mol. The van der Waals surface area contributed by atoms with Gasteiger partial charge in [-0.2, -0.15) is 19.2 Å². The first-order valence-corrected chi connectivity index (χ1v) is 12.7. The maximum atomic E-state index is 12.8. The number of benzene rings is 1. The molecule has 5 aromatic rings. The first-order chi connectivity index (χ1) is 17.1. The molecule has 0 unspecified atom stereocenters. The minimum atomic E-state index is -3.48. The molecule has 0 radical (unpaired) electrons. The van der Waals surface area contributed by atoms with Crippen molar-refractivity contribution in [3.05, 3.63) is 61.4 Å². The smallest absolute Gasteiger partial charge is 0.243 e. The summed E-state index contributed by atoms with van der Waals surface area (Å²) < 4.78 is 32.4. The Hall–Kier alpha value is -3.97. The van der Waals surface area contributed by atoms with Gasteiger partial charge in [0.2, 0.25) is 10.0 Å². The summed E-state index contributed by atoms with van der Waals surface area (Å²) in [6.07, 6.45) is 10.6. The third-order valence-corrected chi connectivity index (χ3v) is 7.96. The van der Waals surface area contributed by atoms with Crippen LogP contribution in [0.3, 0.4) is 0 Å². The molecule has 35 heavy (non-hydrogen) atoms. The number of hydrogen-bond donors (Lipinski definition) is 0. The molecule has 0 spiro atoms. The fourth-order valence-corrected chi connectivity index (χ4v) is 5.73. The van der Waals surface area contributed by atoms with E-state index < -0.39 is 10.0 Å². The number of rotatable bonds is 7. The molecule has 0 N–H and O–H groups in total. The van der Waals surface area contributed by atoms with Gasteiger partial charge in [-0.25, -0.2) is 18.4 Å². The fraction of sp³-hybridized carbons (Fsp3) is 0.273. The zero-order valence-corrected chi connectivity index (χ0v) is 19.5. The van der Waals surface area contributed by atoms with Gasteiger partial charge in [0.05, 0.1) is 29.9 Å². The van der Waals surface area contributed by atoms with Gasteiger partial charge in [-0.3, -0.25) is 9.36 Å². The lowest BCUT2D eigenvalue weighted by Crippen LogP contribution is -2.27. The summed E-state index contributed by atoms with van der Waals surface area (Å²) in [7, 11) is -3.48. The number of fused-ring (bicyclic) bond motifs is 1. The first kappa shape index (κ1) is 21.6. The summed E-state index contributed by atoms with van der Waals surface area (Å²) >= 11 is 0.